The summed E-state index contributed by atoms with van der Waals surface area (Å²) in [7, 11) is 0. The molecule has 0 unspecified atom stereocenters. The SMILES string of the molecule is CC(C)=C1CC[C@]23CO[C@@H](C2)[C@@](N)(C(=O)O)CC[C@@H]13. The van der Waals surface area contributed by atoms with Gasteiger partial charge < -0.3 is 15.6 Å². The largest absolute Gasteiger partial charge is 0.480 e. The maximum atomic E-state index is 11.5. The second-order valence-corrected chi connectivity index (χ2v) is 6.83. The number of rotatable bonds is 1. The van der Waals surface area contributed by atoms with Gasteiger partial charge in [0.2, 0.25) is 0 Å². The zero-order chi connectivity index (χ0) is 13.8. The van der Waals surface area contributed by atoms with E-state index in [4.69, 9.17) is 10.5 Å². The summed E-state index contributed by atoms with van der Waals surface area (Å²) in [5.74, 6) is -0.430. The molecule has 4 atom stereocenters. The van der Waals surface area contributed by atoms with Crippen LogP contribution >= 0.6 is 0 Å². The zero-order valence-electron chi connectivity index (χ0n) is 11.7. The number of carbonyl (C=O) groups is 1. The molecule has 3 rings (SSSR count). The molecular weight excluding hydrogens is 242 g/mol. The first kappa shape index (κ1) is 13.1. The van der Waals surface area contributed by atoms with Crippen LogP contribution in [-0.4, -0.2) is 29.3 Å². The topological polar surface area (TPSA) is 72.5 Å². The summed E-state index contributed by atoms with van der Waals surface area (Å²) in [4.78, 5) is 11.5. The maximum absolute atomic E-state index is 11.5. The molecule has 106 valence electrons. The van der Waals surface area contributed by atoms with Gasteiger partial charge in [0.15, 0.2) is 0 Å². The fourth-order valence-corrected chi connectivity index (χ4v) is 4.47. The van der Waals surface area contributed by atoms with Gasteiger partial charge in [-0.25, -0.2) is 0 Å². The number of aliphatic carboxylic acids is 1. The molecular formula is C15H23NO3. The predicted octanol–water partition coefficient (Wildman–Crippen LogP) is 2.08. The normalized spacial score (nSPS) is 44.9. The maximum Gasteiger partial charge on any atom is 0.326 e. The van der Waals surface area contributed by atoms with Gasteiger partial charge in [-0.2, -0.15) is 0 Å². The van der Waals surface area contributed by atoms with Gasteiger partial charge in [-0.1, -0.05) is 11.1 Å². The molecule has 0 radical (unpaired) electrons. The van der Waals surface area contributed by atoms with E-state index in [1.807, 2.05) is 0 Å². The molecule has 1 saturated heterocycles. The molecule has 2 saturated carbocycles. The molecule has 0 aromatic carbocycles. The van der Waals surface area contributed by atoms with Gasteiger partial charge in [0.25, 0.3) is 0 Å². The van der Waals surface area contributed by atoms with Crippen LogP contribution in [0.15, 0.2) is 11.1 Å². The summed E-state index contributed by atoms with van der Waals surface area (Å²) in [5.41, 5.74) is 8.05. The van der Waals surface area contributed by atoms with E-state index in [2.05, 4.69) is 13.8 Å². The second kappa shape index (κ2) is 4.06. The van der Waals surface area contributed by atoms with Crippen LogP contribution in [0, 0.1) is 11.3 Å². The highest BCUT2D eigenvalue weighted by atomic mass is 16.5. The molecule has 2 aliphatic carbocycles. The van der Waals surface area contributed by atoms with E-state index in [1.165, 1.54) is 11.1 Å². The first-order valence-electron chi connectivity index (χ1n) is 7.19. The van der Waals surface area contributed by atoms with E-state index in [-0.39, 0.29) is 11.5 Å². The van der Waals surface area contributed by atoms with E-state index >= 15 is 0 Å². The number of allylic oxidation sites excluding steroid dienone is 2. The number of ether oxygens (including phenoxy) is 1. The van der Waals surface area contributed by atoms with Crippen LogP contribution in [0.1, 0.15) is 46.0 Å². The Bertz CT molecular complexity index is 454. The minimum absolute atomic E-state index is 0.161. The molecule has 1 aliphatic heterocycles. The quantitative estimate of drug-likeness (QED) is 0.712. The van der Waals surface area contributed by atoms with Gasteiger partial charge in [0.1, 0.15) is 5.54 Å². The second-order valence-electron chi connectivity index (χ2n) is 6.83. The summed E-state index contributed by atoms with van der Waals surface area (Å²) in [6, 6.07) is 0. The average Bonchev–Trinajstić information content (AvgIpc) is 2.89. The van der Waals surface area contributed by atoms with Crippen LogP contribution in [0.3, 0.4) is 0 Å². The van der Waals surface area contributed by atoms with Gasteiger partial charge >= 0.3 is 5.97 Å². The number of nitrogens with two attached hydrogens (primary N) is 1. The zero-order valence-corrected chi connectivity index (χ0v) is 11.7. The Kier molecular flexibility index (Phi) is 2.81. The van der Waals surface area contributed by atoms with Crippen molar-refractivity contribution in [3.63, 3.8) is 0 Å². The molecule has 0 aromatic rings. The summed E-state index contributed by atoms with van der Waals surface area (Å²) in [5, 5.41) is 9.46. The van der Waals surface area contributed by atoms with Crippen molar-refractivity contribution in [2.75, 3.05) is 6.61 Å². The van der Waals surface area contributed by atoms with E-state index in [9.17, 15) is 9.90 Å². The number of fused-ring (bicyclic) bond motifs is 1. The number of carboxylic acids is 1. The summed E-state index contributed by atoms with van der Waals surface area (Å²) >= 11 is 0. The van der Waals surface area contributed by atoms with Gasteiger partial charge in [0.05, 0.1) is 12.7 Å². The van der Waals surface area contributed by atoms with Gasteiger partial charge in [-0.05, 0) is 51.9 Å². The van der Waals surface area contributed by atoms with E-state index < -0.39 is 11.5 Å². The lowest BCUT2D eigenvalue weighted by atomic mass is 9.74. The summed E-state index contributed by atoms with van der Waals surface area (Å²) in [6.07, 6.45) is 4.20. The fraction of sp³-hybridized carbons (Fsp3) is 0.800. The fourth-order valence-electron chi connectivity index (χ4n) is 4.47. The molecule has 1 spiro atoms. The predicted molar refractivity (Wildman–Crippen MR) is 71.7 cm³/mol. The Morgan fingerprint density at radius 3 is 2.79 bits per heavy atom. The van der Waals surface area contributed by atoms with Crippen LogP contribution in [-0.2, 0) is 9.53 Å². The lowest BCUT2D eigenvalue weighted by Gasteiger charge is -2.32. The number of hydrogen-bond acceptors (Lipinski definition) is 3. The van der Waals surface area contributed by atoms with Crippen LogP contribution in [0.4, 0.5) is 0 Å². The Hall–Kier alpha value is -0.870. The van der Waals surface area contributed by atoms with Crippen LogP contribution < -0.4 is 5.73 Å². The minimum Gasteiger partial charge on any atom is -0.480 e. The highest BCUT2D eigenvalue weighted by Gasteiger charge is 2.59. The van der Waals surface area contributed by atoms with Crippen LogP contribution in [0.25, 0.3) is 0 Å². The van der Waals surface area contributed by atoms with Crippen molar-refractivity contribution >= 4 is 5.97 Å². The monoisotopic (exact) mass is 265 g/mol. The van der Waals surface area contributed by atoms with Gasteiger partial charge in [-0.3, -0.25) is 4.79 Å². The third kappa shape index (κ3) is 1.69. The molecule has 1 heterocycles. The molecule has 3 fully saturated rings. The van der Waals surface area contributed by atoms with Crippen molar-refractivity contribution in [2.45, 2.75) is 57.6 Å². The first-order valence-corrected chi connectivity index (χ1v) is 7.19. The summed E-state index contributed by atoms with van der Waals surface area (Å²) in [6.45, 7) is 5.02. The highest BCUT2D eigenvalue weighted by molar-refractivity contribution is 5.79. The number of carboxylic acid groups (broad SMARTS) is 1. The third-order valence-electron chi connectivity index (χ3n) is 5.68. The van der Waals surface area contributed by atoms with E-state index in [0.717, 1.165) is 25.7 Å². The average molecular weight is 265 g/mol. The molecule has 4 nitrogen and oxygen atoms in total. The third-order valence-corrected chi connectivity index (χ3v) is 5.68. The molecule has 19 heavy (non-hydrogen) atoms. The Morgan fingerprint density at radius 1 is 1.42 bits per heavy atom. The lowest BCUT2D eigenvalue weighted by molar-refractivity contribution is -0.149. The molecule has 3 aliphatic rings. The van der Waals surface area contributed by atoms with Crippen LogP contribution in [0.5, 0.6) is 0 Å². The van der Waals surface area contributed by atoms with Crippen molar-refractivity contribution in [3.05, 3.63) is 11.1 Å². The van der Waals surface area contributed by atoms with E-state index in [1.54, 1.807) is 0 Å². The minimum atomic E-state index is -1.19. The van der Waals surface area contributed by atoms with Crippen molar-refractivity contribution < 1.29 is 14.6 Å². The molecule has 0 aromatic heterocycles. The van der Waals surface area contributed by atoms with Crippen molar-refractivity contribution in [2.24, 2.45) is 17.1 Å². The lowest BCUT2D eigenvalue weighted by Crippen LogP contribution is -2.56. The number of hydrogen-bond donors (Lipinski definition) is 2. The molecule has 4 heteroatoms. The van der Waals surface area contributed by atoms with Crippen molar-refractivity contribution in [1.82, 2.24) is 0 Å². The molecule has 3 N–H and O–H groups in total. The standard InChI is InChI=1S/C15H23NO3/c1-9(2)10-3-5-14-7-12(19-8-14)15(16,13(17)18)6-4-11(10)14/h11-12H,3-8,16H2,1-2H3,(H,17,18)/t11-,12-,14+,15+/m0/s1. The Balaban J connectivity index is 1.99. The van der Waals surface area contributed by atoms with Gasteiger partial charge in [-0.15, -0.1) is 0 Å². The van der Waals surface area contributed by atoms with Crippen molar-refractivity contribution in [1.29, 1.82) is 0 Å². The highest BCUT2D eigenvalue weighted by Crippen LogP contribution is 2.59. The van der Waals surface area contributed by atoms with Gasteiger partial charge in [0, 0.05) is 5.41 Å². The Morgan fingerprint density at radius 2 is 2.16 bits per heavy atom. The first-order chi connectivity index (χ1) is 8.89. The molecule has 2 bridgehead atoms. The molecule has 0 amide bonds. The van der Waals surface area contributed by atoms with Crippen LogP contribution in [0.2, 0.25) is 0 Å². The van der Waals surface area contributed by atoms with E-state index in [0.29, 0.717) is 18.9 Å². The Labute approximate surface area is 114 Å². The summed E-state index contributed by atoms with van der Waals surface area (Å²) < 4.78 is 5.84. The smallest absolute Gasteiger partial charge is 0.326 e. The van der Waals surface area contributed by atoms with Crippen molar-refractivity contribution in [3.8, 4) is 0 Å².